The second-order valence-electron chi connectivity index (χ2n) is 8.90. The molecule has 0 aromatic heterocycles. The van der Waals surface area contributed by atoms with Crippen molar-refractivity contribution in [3.63, 3.8) is 0 Å². The molecule has 8 heteroatoms. The summed E-state index contributed by atoms with van der Waals surface area (Å²) >= 11 is 0. The maximum atomic E-state index is 13.1. The minimum atomic E-state index is -1.17. The smallest absolute Gasteiger partial charge is 0.408 e. The van der Waals surface area contributed by atoms with Crippen molar-refractivity contribution in [2.24, 2.45) is 0 Å². The lowest BCUT2D eigenvalue weighted by atomic mass is 10.1. The number of carbonyl (C=O) groups excluding carboxylic acids is 3. The number of rotatable bonds is 11. The van der Waals surface area contributed by atoms with Gasteiger partial charge in [-0.2, -0.15) is 0 Å². The van der Waals surface area contributed by atoms with E-state index < -0.39 is 29.6 Å². The third-order valence-corrected chi connectivity index (χ3v) is 4.66. The van der Waals surface area contributed by atoms with Crippen LogP contribution in [0.25, 0.3) is 0 Å². The number of hydrogen-bond acceptors (Lipinski definition) is 6. The third kappa shape index (κ3) is 10.5. The second-order valence-corrected chi connectivity index (χ2v) is 8.90. The van der Waals surface area contributed by atoms with Crippen LogP contribution in [0, 0.1) is 0 Å². The van der Waals surface area contributed by atoms with E-state index in [0.717, 1.165) is 11.1 Å². The van der Waals surface area contributed by atoms with Crippen LogP contribution in [0.4, 0.5) is 4.79 Å². The summed E-state index contributed by atoms with van der Waals surface area (Å²) in [5.74, 6) is -1.15. The highest BCUT2D eigenvalue weighted by molar-refractivity contribution is 5.89. The van der Waals surface area contributed by atoms with Gasteiger partial charge in [-0.3, -0.25) is 9.59 Å². The van der Waals surface area contributed by atoms with Gasteiger partial charge in [0, 0.05) is 7.11 Å². The molecule has 2 amide bonds. The Balaban J connectivity index is 2.06. The predicted molar refractivity (Wildman–Crippen MR) is 128 cm³/mol. The van der Waals surface area contributed by atoms with Crippen LogP contribution in [-0.2, 0) is 36.8 Å². The van der Waals surface area contributed by atoms with Gasteiger partial charge in [0.15, 0.2) is 0 Å². The van der Waals surface area contributed by atoms with Gasteiger partial charge in [-0.15, -0.1) is 0 Å². The Bertz CT molecular complexity index is 912. The van der Waals surface area contributed by atoms with Crippen molar-refractivity contribution in [2.45, 2.75) is 57.9 Å². The highest BCUT2D eigenvalue weighted by atomic mass is 16.6. The molecule has 0 aliphatic rings. The van der Waals surface area contributed by atoms with Gasteiger partial charge in [-0.1, -0.05) is 60.7 Å². The number of benzene rings is 2. The predicted octanol–water partition coefficient (Wildman–Crippen LogP) is 3.39. The Labute approximate surface area is 201 Å². The number of carbonyl (C=O) groups is 3. The van der Waals surface area contributed by atoms with Crippen LogP contribution in [0.5, 0.6) is 0 Å². The molecule has 0 saturated carbocycles. The molecule has 2 rings (SSSR count). The Morgan fingerprint density at radius 1 is 0.882 bits per heavy atom. The van der Waals surface area contributed by atoms with Crippen molar-refractivity contribution in [1.29, 1.82) is 0 Å². The van der Waals surface area contributed by atoms with Crippen molar-refractivity contribution < 1.29 is 28.6 Å². The molecule has 2 N–H and O–H groups in total. The molecule has 0 heterocycles. The van der Waals surface area contributed by atoms with Gasteiger partial charge < -0.3 is 24.8 Å². The Hall–Kier alpha value is -3.39. The van der Waals surface area contributed by atoms with Gasteiger partial charge in [-0.25, -0.2) is 4.79 Å². The monoisotopic (exact) mass is 470 g/mol. The van der Waals surface area contributed by atoms with Gasteiger partial charge in [0.25, 0.3) is 0 Å². The topological polar surface area (TPSA) is 103 Å². The van der Waals surface area contributed by atoms with Crippen LogP contribution < -0.4 is 10.6 Å². The number of ether oxygens (including phenoxy) is 3. The number of amides is 2. The van der Waals surface area contributed by atoms with Gasteiger partial charge in [0.1, 0.15) is 18.2 Å². The normalized spacial score (nSPS) is 12.8. The van der Waals surface area contributed by atoms with Crippen LogP contribution in [0.15, 0.2) is 60.7 Å². The lowest BCUT2D eigenvalue weighted by Crippen LogP contribution is -2.52. The minimum absolute atomic E-state index is 0.0702. The summed E-state index contributed by atoms with van der Waals surface area (Å²) in [5, 5.41) is 5.37. The summed E-state index contributed by atoms with van der Waals surface area (Å²) in [6, 6.07) is 17.3. The molecule has 0 fully saturated rings. The summed E-state index contributed by atoms with van der Waals surface area (Å²) in [4.78, 5) is 37.9. The SMILES string of the molecule is COC[C@H](Cc1ccccc1)NC(=O)[C@H](CC(=O)OCc1ccccc1)NC(=O)OC(C)(C)C. The Morgan fingerprint density at radius 3 is 2.03 bits per heavy atom. The average molecular weight is 471 g/mol. The molecule has 34 heavy (non-hydrogen) atoms. The van der Waals surface area contributed by atoms with E-state index in [1.807, 2.05) is 60.7 Å². The largest absolute Gasteiger partial charge is 0.461 e. The quantitative estimate of drug-likeness (QED) is 0.488. The number of methoxy groups -OCH3 is 1. The van der Waals surface area contributed by atoms with Gasteiger partial charge >= 0.3 is 12.1 Å². The maximum absolute atomic E-state index is 13.1. The highest BCUT2D eigenvalue weighted by Crippen LogP contribution is 2.09. The van der Waals surface area contributed by atoms with Crippen molar-refractivity contribution in [3.8, 4) is 0 Å². The Morgan fingerprint density at radius 2 is 1.47 bits per heavy atom. The molecule has 2 atom stereocenters. The first-order valence-electron chi connectivity index (χ1n) is 11.2. The standard InChI is InChI=1S/C26H34N2O6/c1-26(2,3)34-25(31)28-22(16-23(29)33-17-20-13-9-6-10-14-20)24(30)27-21(18-32-4)15-19-11-7-5-8-12-19/h5-14,21-22H,15-18H2,1-4H3,(H,27,30)(H,28,31)/t21-,22-/m0/s1. The van der Waals surface area contributed by atoms with E-state index in [1.165, 1.54) is 0 Å². The average Bonchev–Trinajstić information content (AvgIpc) is 2.77. The number of esters is 1. The zero-order valence-electron chi connectivity index (χ0n) is 20.2. The Kier molecular flexibility index (Phi) is 10.5. The molecule has 0 unspecified atom stereocenters. The fourth-order valence-electron chi connectivity index (χ4n) is 3.18. The zero-order chi connectivity index (χ0) is 25.0. The van der Waals surface area contributed by atoms with E-state index in [2.05, 4.69) is 10.6 Å². The first-order valence-corrected chi connectivity index (χ1v) is 11.2. The van der Waals surface area contributed by atoms with Gasteiger partial charge in [0.05, 0.1) is 19.1 Å². The number of nitrogens with one attached hydrogen (secondary N) is 2. The van der Waals surface area contributed by atoms with Crippen molar-refractivity contribution in [1.82, 2.24) is 10.6 Å². The van der Waals surface area contributed by atoms with E-state index in [0.29, 0.717) is 6.42 Å². The maximum Gasteiger partial charge on any atom is 0.408 e. The first-order chi connectivity index (χ1) is 16.2. The van der Waals surface area contributed by atoms with E-state index >= 15 is 0 Å². The van der Waals surface area contributed by atoms with Crippen molar-refractivity contribution in [3.05, 3.63) is 71.8 Å². The van der Waals surface area contributed by atoms with Crippen LogP contribution in [-0.4, -0.2) is 49.4 Å². The third-order valence-electron chi connectivity index (χ3n) is 4.66. The van der Waals surface area contributed by atoms with Crippen molar-refractivity contribution >= 4 is 18.0 Å². The van der Waals surface area contributed by atoms with Crippen molar-refractivity contribution in [2.75, 3.05) is 13.7 Å². The summed E-state index contributed by atoms with van der Waals surface area (Å²) in [7, 11) is 1.54. The van der Waals surface area contributed by atoms with E-state index in [-0.39, 0.29) is 25.7 Å². The van der Waals surface area contributed by atoms with E-state index in [9.17, 15) is 14.4 Å². The molecule has 2 aromatic rings. The lowest BCUT2D eigenvalue weighted by molar-refractivity contribution is -0.147. The summed E-state index contributed by atoms with van der Waals surface area (Å²) in [5.41, 5.74) is 1.08. The molecule has 2 aromatic carbocycles. The number of hydrogen-bond donors (Lipinski definition) is 2. The van der Waals surface area contributed by atoms with Crippen LogP contribution in [0.1, 0.15) is 38.3 Å². The fourth-order valence-corrected chi connectivity index (χ4v) is 3.18. The van der Waals surface area contributed by atoms with Crippen LogP contribution in [0.2, 0.25) is 0 Å². The zero-order valence-corrected chi connectivity index (χ0v) is 20.2. The summed E-state index contributed by atoms with van der Waals surface area (Å²) in [6.45, 7) is 5.47. The molecule has 0 bridgehead atoms. The highest BCUT2D eigenvalue weighted by Gasteiger charge is 2.29. The fraction of sp³-hybridized carbons (Fsp3) is 0.423. The first kappa shape index (κ1) is 26.9. The minimum Gasteiger partial charge on any atom is -0.461 e. The molecule has 0 saturated heterocycles. The van der Waals surface area contributed by atoms with Gasteiger partial charge in [-0.05, 0) is 38.3 Å². The molecule has 184 valence electrons. The van der Waals surface area contributed by atoms with Crippen LogP contribution >= 0.6 is 0 Å². The van der Waals surface area contributed by atoms with Gasteiger partial charge in [0.2, 0.25) is 5.91 Å². The number of alkyl carbamates (subject to hydrolysis) is 1. The summed E-state index contributed by atoms with van der Waals surface area (Å²) in [6.07, 6.45) is -0.615. The molecular weight excluding hydrogens is 436 g/mol. The second kappa shape index (κ2) is 13.3. The van der Waals surface area contributed by atoms with E-state index in [1.54, 1.807) is 27.9 Å². The molecule has 0 radical (unpaired) electrons. The molecule has 0 aliphatic carbocycles. The molecule has 0 aliphatic heterocycles. The van der Waals surface area contributed by atoms with E-state index in [4.69, 9.17) is 14.2 Å². The molecular formula is C26H34N2O6. The molecule has 0 spiro atoms. The summed E-state index contributed by atoms with van der Waals surface area (Å²) < 4.78 is 15.8. The molecule has 8 nitrogen and oxygen atoms in total. The van der Waals surface area contributed by atoms with Crippen LogP contribution in [0.3, 0.4) is 0 Å². The lowest BCUT2D eigenvalue weighted by Gasteiger charge is -2.25.